The average molecular weight is 265 g/mol. The van der Waals surface area contributed by atoms with Crippen molar-refractivity contribution in [2.24, 2.45) is 23.2 Å². The van der Waals surface area contributed by atoms with Crippen LogP contribution in [0.1, 0.15) is 58.3 Å². The molecule has 0 aromatic rings. The molecule has 0 radical (unpaired) electrons. The van der Waals surface area contributed by atoms with Gasteiger partial charge in [0.1, 0.15) is 0 Å². The highest BCUT2D eigenvalue weighted by atomic mass is 16.3. The van der Waals surface area contributed by atoms with Crippen LogP contribution in [0.3, 0.4) is 0 Å². The molecule has 108 valence electrons. The first-order valence-electron chi connectivity index (χ1n) is 8.03. The molecule has 4 fully saturated rings. The standard InChI is InChI=1S/C16H27NO2/c1-11(3-2-4-18)17-15(19)16-8-12-5-13(9-16)7-14(6-12)10-16/h11-14,18H,2-10H2,1H3,(H,17,19). The highest BCUT2D eigenvalue weighted by Crippen LogP contribution is 2.60. The van der Waals surface area contributed by atoms with E-state index in [-0.39, 0.29) is 18.1 Å². The first kappa shape index (κ1) is 13.4. The predicted molar refractivity (Wildman–Crippen MR) is 74.5 cm³/mol. The van der Waals surface area contributed by atoms with Crippen molar-refractivity contribution in [2.45, 2.75) is 64.3 Å². The minimum Gasteiger partial charge on any atom is -0.396 e. The lowest BCUT2D eigenvalue weighted by Crippen LogP contribution is -2.54. The number of amides is 1. The number of hydrogen-bond donors (Lipinski definition) is 2. The van der Waals surface area contributed by atoms with Crippen molar-refractivity contribution in [1.29, 1.82) is 0 Å². The van der Waals surface area contributed by atoms with Gasteiger partial charge in [0.2, 0.25) is 5.91 Å². The molecule has 0 aromatic carbocycles. The van der Waals surface area contributed by atoms with Gasteiger partial charge in [-0.15, -0.1) is 0 Å². The van der Waals surface area contributed by atoms with Crippen LogP contribution in [0.5, 0.6) is 0 Å². The van der Waals surface area contributed by atoms with Gasteiger partial charge in [0.15, 0.2) is 0 Å². The highest BCUT2D eigenvalue weighted by molar-refractivity contribution is 5.83. The van der Waals surface area contributed by atoms with Crippen molar-refractivity contribution in [2.75, 3.05) is 6.61 Å². The fourth-order valence-electron chi connectivity index (χ4n) is 5.24. The number of hydrogen-bond acceptors (Lipinski definition) is 2. The smallest absolute Gasteiger partial charge is 0.226 e. The molecule has 4 aliphatic carbocycles. The van der Waals surface area contributed by atoms with Crippen LogP contribution >= 0.6 is 0 Å². The topological polar surface area (TPSA) is 49.3 Å². The lowest BCUT2D eigenvalue weighted by atomic mass is 9.49. The van der Waals surface area contributed by atoms with E-state index in [9.17, 15) is 4.79 Å². The van der Waals surface area contributed by atoms with E-state index >= 15 is 0 Å². The summed E-state index contributed by atoms with van der Waals surface area (Å²) in [7, 11) is 0. The molecule has 3 nitrogen and oxygen atoms in total. The van der Waals surface area contributed by atoms with Gasteiger partial charge in [0.05, 0.1) is 0 Å². The molecule has 4 rings (SSSR count). The zero-order chi connectivity index (χ0) is 13.5. The Balaban J connectivity index is 1.63. The summed E-state index contributed by atoms with van der Waals surface area (Å²) in [4.78, 5) is 12.7. The lowest BCUT2D eigenvalue weighted by Gasteiger charge is -2.55. The number of nitrogens with one attached hydrogen (secondary N) is 1. The molecule has 0 aliphatic heterocycles. The maximum Gasteiger partial charge on any atom is 0.226 e. The van der Waals surface area contributed by atoms with Crippen LogP contribution in [0.25, 0.3) is 0 Å². The second-order valence-corrected chi connectivity index (χ2v) is 7.44. The quantitative estimate of drug-likeness (QED) is 0.802. The monoisotopic (exact) mass is 265 g/mol. The molecule has 1 atom stereocenters. The molecule has 0 spiro atoms. The first-order valence-corrected chi connectivity index (χ1v) is 8.03. The second-order valence-electron chi connectivity index (χ2n) is 7.44. The van der Waals surface area contributed by atoms with E-state index in [1.165, 1.54) is 19.3 Å². The van der Waals surface area contributed by atoms with Crippen molar-refractivity contribution in [3.63, 3.8) is 0 Å². The van der Waals surface area contributed by atoms with E-state index < -0.39 is 0 Å². The normalized spacial score (nSPS) is 41.3. The first-order chi connectivity index (χ1) is 9.11. The molecule has 2 N–H and O–H groups in total. The fraction of sp³-hybridized carbons (Fsp3) is 0.938. The molecule has 4 saturated carbocycles. The van der Waals surface area contributed by atoms with Crippen LogP contribution in [-0.2, 0) is 4.79 Å². The summed E-state index contributed by atoms with van der Waals surface area (Å²) in [6, 6.07) is 0.202. The van der Waals surface area contributed by atoms with Crippen molar-refractivity contribution in [3.05, 3.63) is 0 Å². The largest absolute Gasteiger partial charge is 0.396 e. The van der Waals surface area contributed by atoms with Crippen LogP contribution in [0.4, 0.5) is 0 Å². The second kappa shape index (κ2) is 5.08. The van der Waals surface area contributed by atoms with Crippen molar-refractivity contribution in [3.8, 4) is 0 Å². The maximum absolute atomic E-state index is 12.7. The van der Waals surface area contributed by atoms with Crippen LogP contribution in [-0.4, -0.2) is 23.7 Å². The Kier molecular flexibility index (Phi) is 3.59. The minimum atomic E-state index is -0.0256. The number of aliphatic hydroxyl groups excluding tert-OH is 1. The summed E-state index contributed by atoms with van der Waals surface area (Å²) in [6.07, 6.45) is 9.22. The molecule has 1 amide bonds. The van der Waals surface area contributed by atoms with Gasteiger partial charge in [-0.1, -0.05) is 0 Å². The predicted octanol–water partition coefficient (Wildman–Crippen LogP) is 2.48. The fourth-order valence-corrected chi connectivity index (χ4v) is 5.24. The van der Waals surface area contributed by atoms with E-state index in [4.69, 9.17) is 5.11 Å². The SMILES string of the molecule is CC(CCCO)NC(=O)C12CC3CC(CC(C3)C1)C2. The number of carbonyl (C=O) groups excluding carboxylic acids is 1. The van der Waals surface area contributed by atoms with Gasteiger partial charge in [-0.3, -0.25) is 4.79 Å². The average Bonchev–Trinajstić information content (AvgIpc) is 2.34. The Hall–Kier alpha value is -0.570. The van der Waals surface area contributed by atoms with Gasteiger partial charge in [-0.2, -0.15) is 0 Å². The van der Waals surface area contributed by atoms with Crippen molar-refractivity contribution >= 4 is 5.91 Å². The van der Waals surface area contributed by atoms with E-state index in [0.29, 0.717) is 5.91 Å². The Morgan fingerprint density at radius 2 is 1.74 bits per heavy atom. The van der Waals surface area contributed by atoms with Crippen LogP contribution < -0.4 is 5.32 Å². The maximum atomic E-state index is 12.7. The zero-order valence-electron chi connectivity index (χ0n) is 12.0. The third-order valence-corrected chi connectivity index (χ3v) is 5.69. The third-order valence-electron chi connectivity index (χ3n) is 5.69. The van der Waals surface area contributed by atoms with E-state index in [1.807, 2.05) is 0 Å². The summed E-state index contributed by atoms with van der Waals surface area (Å²) in [6.45, 7) is 2.28. The minimum absolute atomic E-state index is 0.0256. The molecular weight excluding hydrogens is 238 g/mol. The summed E-state index contributed by atoms with van der Waals surface area (Å²) >= 11 is 0. The Morgan fingerprint density at radius 3 is 2.21 bits per heavy atom. The summed E-state index contributed by atoms with van der Waals surface area (Å²) in [5.41, 5.74) is -0.0256. The van der Waals surface area contributed by atoms with Gasteiger partial charge >= 0.3 is 0 Å². The highest BCUT2D eigenvalue weighted by Gasteiger charge is 2.54. The summed E-state index contributed by atoms with van der Waals surface area (Å²) in [5, 5.41) is 12.1. The molecule has 19 heavy (non-hydrogen) atoms. The van der Waals surface area contributed by atoms with Crippen LogP contribution in [0.2, 0.25) is 0 Å². The molecule has 0 heterocycles. The number of carbonyl (C=O) groups is 1. The van der Waals surface area contributed by atoms with Crippen molar-refractivity contribution in [1.82, 2.24) is 5.32 Å². The Morgan fingerprint density at radius 1 is 1.21 bits per heavy atom. The van der Waals surface area contributed by atoms with Crippen molar-refractivity contribution < 1.29 is 9.90 Å². The molecule has 0 saturated heterocycles. The third kappa shape index (κ3) is 2.54. The Labute approximate surface area is 116 Å². The molecule has 4 aliphatic rings. The summed E-state index contributed by atoms with van der Waals surface area (Å²) < 4.78 is 0. The van der Waals surface area contributed by atoms with Gasteiger partial charge in [-0.25, -0.2) is 0 Å². The van der Waals surface area contributed by atoms with E-state index in [2.05, 4.69) is 12.2 Å². The Bertz CT molecular complexity index is 317. The molecule has 0 aromatic heterocycles. The molecular formula is C16H27NO2. The molecule has 3 heteroatoms. The van der Waals surface area contributed by atoms with Crippen LogP contribution in [0, 0.1) is 23.2 Å². The lowest BCUT2D eigenvalue weighted by molar-refractivity contribution is -0.147. The molecule has 4 bridgehead atoms. The van der Waals surface area contributed by atoms with Gasteiger partial charge < -0.3 is 10.4 Å². The zero-order valence-corrected chi connectivity index (χ0v) is 12.0. The van der Waals surface area contributed by atoms with Gasteiger partial charge in [0.25, 0.3) is 0 Å². The summed E-state index contributed by atoms with van der Waals surface area (Å²) in [5.74, 6) is 2.79. The van der Waals surface area contributed by atoms with E-state index in [1.54, 1.807) is 0 Å². The van der Waals surface area contributed by atoms with Gasteiger partial charge in [0, 0.05) is 18.1 Å². The van der Waals surface area contributed by atoms with Crippen LogP contribution in [0.15, 0.2) is 0 Å². The number of aliphatic hydroxyl groups is 1. The number of rotatable bonds is 5. The molecule has 1 unspecified atom stereocenters. The van der Waals surface area contributed by atoms with Gasteiger partial charge in [-0.05, 0) is 76.0 Å². The van der Waals surface area contributed by atoms with E-state index in [0.717, 1.165) is 49.9 Å².